The number of nitrogens with zero attached hydrogens (tertiary/aromatic N) is 1. The number of aryl methyl sites for hydroxylation is 1. The van der Waals surface area contributed by atoms with E-state index in [1.54, 1.807) is 50.2 Å². The Morgan fingerprint density at radius 2 is 1.70 bits per heavy atom. The van der Waals surface area contributed by atoms with Crippen molar-refractivity contribution in [3.63, 3.8) is 0 Å². The zero-order chi connectivity index (χ0) is 24.1. The Kier molecular flexibility index (Phi) is 7.60. The maximum absolute atomic E-state index is 12.7. The predicted molar refractivity (Wildman–Crippen MR) is 128 cm³/mol. The molecule has 2 aromatic carbocycles. The number of nitrogens with one attached hydrogen (secondary N) is 3. The molecule has 1 aliphatic rings. The molecule has 0 aromatic heterocycles. The van der Waals surface area contributed by atoms with Crippen molar-refractivity contribution in [3.05, 3.63) is 69.9 Å². The second kappa shape index (κ2) is 10.4. The van der Waals surface area contributed by atoms with Gasteiger partial charge in [-0.25, -0.2) is 14.4 Å². The first-order chi connectivity index (χ1) is 15.7. The highest BCUT2D eigenvalue weighted by Gasteiger charge is 2.35. The lowest BCUT2D eigenvalue weighted by Gasteiger charge is -2.34. The largest absolute Gasteiger partial charge is 0.463 e. The molecule has 4 amide bonds. The van der Waals surface area contributed by atoms with E-state index in [1.807, 2.05) is 19.9 Å². The van der Waals surface area contributed by atoms with E-state index in [0.717, 1.165) is 5.56 Å². The highest BCUT2D eigenvalue weighted by atomic mass is 35.5. The number of urea groups is 2. The van der Waals surface area contributed by atoms with Crippen LogP contribution in [0.4, 0.5) is 21.0 Å². The molecule has 0 bridgehead atoms. The SMILES string of the molecule is CCOC(=O)C1=C(C)N(CC)C(=O)NC1c1ccc(NC(=O)Nc2ccc(C)c(Cl)c2)cc1. The molecule has 0 saturated carbocycles. The van der Waals surface area contributed by atoms with Gasteiger partial charge in [-0.2, -0.15) is 0 Å². The molecule has 0 saturated heterocycles. The molecule has 2 aromatic rings. The molecule has 33 heavy (non-hydrogen) atoms. The standard InChI is InChI=1S/C24H27ClN4O4/c1-5-29-15(4)20(22(30)33-6-2)21(28-24(29)32)16-8-11-17(12-9-16)26-23(31)27-18-10-7-14(3)19(25)13-18/h7-13,21H,5-6H2,1-4H3,(H,28,32)(H2,26,27,31). The molecule has 8 nitrogen and oxygen atoms in total. The van der Waals surface area contributed by atoms with Gasteiger partial charge in [0.15, 0.2) is 0 Å². The van der Waals surface area contributed by atoms with Crippen LogP contribution in [-0.4, -0.2) is 36.1 Å². The highest BCUT2D eigenvalue weighted by molar-refractivity contribution is 6.31. The summed E-state index contributed by atoms with van der Waals surface area (Å²) in [6, 6.07) is 10.8. The minimum Gasteiger partial charge on any atom is -0.463 e. The topological polar surface area (TPSA) is 99.8 Å². The molecule has 1 heterocycles. The number of carbonyl (C=O) groups is 3. The van der Waals surface area contributed by atoms with Crippen LogP contribution in [-0.2, 0) is 9.53 Å². The highest BCUT2D eigenvalue weighted by Crippen LogP contribution is 2.32. The van der Waals surface area contributed by atoms with Gasteiger partial charge in [0.2, 0.25) is 0 Å². The van der Waals surface area contributed by atoms with Gasteiger partial charge in [-0.15, -0.1) is 0 Å². The van der Waals surface area contributed by atoms with Crippen LogP contribution in [0.1, 0.15) is 37.9 Å². The molecule has 174 valence electrons. The summed E-state index contributed by atoms with van der Waals surface area (Å²) in [6.45, 7) is 7.84. The first-order valence-corrected chi connectivity index (χ1v) is 11.0. The number of benzene rings is 2. The number of esters is 1. The van der Waals surface area contributed by atoms with Crippen LogP contribution in [0, 0.1) is 6.92 Å². The smallest absolute Gasteiger partial charge is 0.338 e. The maximum atomic E-state index is 12.7. The number of ether oxygens (including phenoxy) is 1. The molecule has 3 rings (SSSR count). The van der Waals surface area contributed by atoms with Crippen LogP contribution >= 0.6 is 11.6 Å². The summed E-state index contributed by atoms with van der Waals surface area (Å²) in [4.78, 5) is 39.0. The molecule has 9 heteroatoms. The average Bonchev–Trinajstić information content (AvgIpc) is 2.77. The van der Waals surface area contributed by atoms with Gasteiger partial charge in [-0.1, -0.05) is 29.8 Å². The summed E-state index contributed by atoms with van der Waals surface area (Å²) in [6.07, 6.45) is 0. The number of carbonyl (C=O) groups excluding carboxylic acids is 3. The zero-order valence-electron chi connectivity index (χ0n) is 19.0. The molecular formula is C24H27ClN4O4. The van der Waals surface area contributed by atoms with Crippen molar-refractivity contribution in [3.8, 4) is 0 Å². The third kappa shape index (κ3) is 5.46. The van der Waals surface area contributed by atoms with E-state index in [0.29, 0.717) is 39.8 Å². The van der Waals surface area contributed by atoms with Gasteiger partial charge in [0.1, 0.15) is 0 Å². The fraction of sp³-hybridized carbons (Fsp3) is 0.292. The van der Waals surface area contributed by atoms with Gasteiger partial charge in [-0.3, -0.25) is 4.90 Å². The Labute approximate surface area is 197 Å². The first kappa shape index (κ1) is 24.1. The Bertz CT molecular complexity index is 1100. The second-order valence-corrected chi connectivity index (χ2v) is 7.92. The molecule has 0 spiro atoms. The van der Waals surface area contributed by atoms with Crippen LogP contribution in [0.25, 0.3) is 0 Å². The summed E-state index contributed by atoms with van der Waals surface area (Å²) in [5.74, 6) is -0.475. The minimum absolute atomic E-state index is 0.229. The monoisotopic (exact) mass is 470 g/mol. The summed E-state index contributed by atoms with van der Waals surface area (Å²) in [5.41, 5.74) is 3.67. The minimum atomic E-state index is -0.656. The van der Waals surface area contributed by atoms with Gasteiger partial charge in [-0.05, 0) is 63.1 Å². The number of halogens is 1. The maximum Gasteiger partial charge on any atom is 0.338 e. The van der Waals surface area contributed by atoms with Crippen molar-refractivity contribution in [1.29, 1.82) is 0 Å². The molecule has 3 N–H and O–H groups in total. The summed E-state index contributed by atoms with van der Waals surface area (Å²) in [5, 5.41) is 8.92. The molecular weight excluding hydrogens is 444 g/mol. The van der Waals surface area contributed by atoms with E-state index in [2.05, 4.69) is 16.0 Å². The second-order valence-electron chi connectivity index (χ2n) is 7.51. The Morgan fingerprint density at radius 3 is 2.30 bits per heavy atom. The Balaban J connectivity index is 1.78. The van der Waals surface area contributed by atoms with Gasteiger partial charge in [0, 0.05) is 28.6 Å². The van der Waals surface area contributed by atoms with Gasteiger partial charge < -0.3 is 20.7 Å². The van der Waals surface area contributed by atoms with Crippen LogP contribution in [0.3, 0.4) is 0 Å². The lowest BCUT2D eigenvalue weighted by atomic mass is 9.94. The number of allylic oxidation sites excluding steroid dienone is 1. The fourth-order valence-corrected chi connectivity index (χ4v) is 3.79. The summed E-state index contributed by atoms with van der Waals surface area (Å²) in [7, 11) is 0. The lowest BCUT2D eigenvalue weighted by Crippen LogP contribution is -2.47. The van der Waals surface area contributed by atoms with Crippen LogP contribution < -0.4 is 16.0 Å². The number of hydrogen-bond donors (Lipinski definition) is 3. The van der Waals surface area contributed by atoms with E-state index >= 15 is 0 Å². The third-order valence-corrected chi connectivity index (χ3v) is 5.75. The molecule has 0 radical (unpaired) electrons. The predicted octanol–water partition coefficient (Wildman–Crippen LogP) is 5.22. The van der Waals surface area contributed by atoms with Crippen LogP contribution in [0.15, 0.2) is 53.7 Å². The van der Waals surface area contributed by atoms with Gasteiger partial charge in [0.25, 0.3) is 0 Å². The van der Waals surface area contributed by atoms with Gasteiger partial charge in [0.05, 0.1) is 18.2 Å². The van der Waals surface area contributed by atoms with E-state index in [4.69, 9.17) is 16.3 Å². The van der Waals surface area contributed by atoms with Crippen LogP contribution in [0.2, 0.25) is 5.02 Å². The normalized spacial score (nSPS) is 15.7. The first-order valence-electron chi connectivity index (χ1n) is 10.6. The van der Waals surface area contributed by atoms with Crippen molar-refractivity contribution < 1.29 is 19.1 Å². The van der Waals surface area contributed by atoms with Crippen molar-refractivity contribution in [2.24, 2.45) is 0 Å². The van der Waals surface area contributed by atoms with E-state index in [-0.39, 0.29) is 12.6 Å². The Morgan fingerprint density at radius 1 is 1.06 bits per heavy atom. The van der Waals surface area contributed by atoms with Crippen molar-refractivity contribution in [2.75, 3.05) is 23.8 Å². The number of anilines is 2. The molecule has 1 atom stereocenters. The average molecular weight is 471 g/mol. The third-order valence-electron chi connectivity index (χ3n) is 5.34. The lowest BCUT2D eigenvalue weighted by molar-refractivity contribution is -0.139. The number of amides is 4. The fourth-order valence-electron chi connectivity index (χ4n) is 3.61. The molecule has 1 unspecified atom stereocenters. The zero-order valence-corrected chi connectivity index (χ0v) is 19.7. The van der Waals surface area contributed by atoms with Gasteiger partial charge >= 0.3 is 18.0 Å². The summed E-state index contributed by atoms with van der Waals surface area (Å²) >= 11 is 6.10. The molecule has 0 fully saturated rings. The molecule has 0 aliphatic carbocycles. The van der Waals surface area contributed by atoms with Crippen LogP contribution in [0.5, 0.6) is 0 Å². The van der Waals surface area contributed by atoms with E-state index in [9.17, 15) is 14.4 Å². The summed E-state index contributed by atoms with van der Waals surface area (Å²) < 4.78 is 5.23. The number of hydrogen-bond acceptors (Lipinski definition) is 4. The van der Waals surface area contributed by atoms with E-state index in [1.165, 1.54) is 4.90 Å². The Hall–Kier alpha value is -3.52. The van der Waals surface area contributed by atoms with Crippen molar-refractivity contribution in [1.82, 2.24) is 10.2 Å². The van der Waals surface area contributed by atoms with Crippen molar-refractivity contribution in [2.45, 2.75) is 33.7 Å². The molecule has 1 aliphatic heterocycles. The number of rotatable bonds is 6. The quantitative estimate of drug-likeness (QED) is 0.504. The van der Waals surface area contributed by atoms with Crippen molar-refractivity contribution >= 4 is 41.0 Å². The van der Waals surface area contributed by atoms with E-state index < -0.39 is 18.0 Å².